The molecule has 1 aromatic carbocycles. The molecular weight excluding hydrogens is 240 g/mol. The summed E-state index contributed by atoms with van der Waals surface area (Å²) >= 11 is 0. The molecule has 0 amide bonds. The van der Waals surface area contributed by atoms with Crippen LogP contribution in [0.2, 0.25) is 0 Å². The van der Waals surface area contributed by atoms with Crippen LogP contribution in [-0.2, 0) is 9.47 Å². The fraction of sp³-hybridized carbons (Fsp3) is 0.500. The fourth-order valence-electron chi connectivity index (χ4n) is 2.31. The molecular formula is C16H22O3. The summed E-state index contributed by atoms with van der Waals surface area (Å²) in [7, 11) is 0. The predicted octanol–water partition coefficient (Wildman–Crippen LogP) is 3.21. The van der Waals surface area contributed by atoms with E-state index in [4.69, 9.17) is 9.47 Å². The third-order valence-electron chi connectivity index (χ3n) is 3.44. The Labute approximate surface area is 114 Å². The molecule has 2 rings (SSSR count). The van der Waals surface area contributed by atoms with Crippen molar-refractivity contribution >= 4 is 0 Å². The van der Waals surface area contributed by atoms with Gasteiger partial charge >= 0.3 is 0 Å². The van der Waals surface area contributed by atoms with E-state index in [2.05, 4.69) is 13.5 Å². The van der Waals surface area contributed by atoms with Gasteiger partial charge in [-0.15, -0.1) is 6.58 Å². The Kier molecular flexibility index (Phi) is 5.14. The van der Waals surface area contributed by atoms with Gasteiger partial charge in [-0.3, -0.25) is 0 Å². The quantitative estimate of drug-likeness (QED) is 0.828. The fourth-order valence-corrected chi connectivity index (χ4v) is 2.31. The number of benzene rings is 1. The second-order valence-corrected chi connectivity index (χ2v) is 4.89. The molecule has 0 aromatic heterocycles. The van der Waals surface area contributed by atoms with Gasteiger partial charge in [-0.2, -0.15) is 0 Å². The molecule has 0 saturated carbocycles. The normalized spacial score (nSPS) is 31.1. The molecule has 4 atom stereocenters. The van der Waals surface area contributed by atoms with Crippen molar-refractivity contribution in [2.24, 2.45) is 0 Å². The summed E-state index contributed by atoms with van der Waals surface area (Å²) in [5.41, 5.74) is 0.975. The molecule has 104 valence electrons. The van der Waals surface area contributed by atoms with Crippen molar-refractivity contribution in [2.45, 2.75) is 50.8 Å². The highest BCUT2D eigenvalue weighted by molar-refractivity contribution is 5.17. The average molecular weight is 262 g/mol. The van der Waals surface area contributed by atoms with Gasteiger partial charge in [0.15, 0.2) is 6.29 Å². The van der Waals surface area contributed by atoms with E-state index in [0.717, 1.165) is 24.8 Å². The predicted molar refractivity (Wildman–Crippen MR) is 74.7 cm³/mol. The van der Waals surface area contributed by atoms with E-state index in [1.165, 1.54) is 0 Å². The highest BCUT2D eigenvalue weighted by Gasteiger charge is 2.36. The number of aliphatic hydroxyl groups is 1. The van der Waals surface area contributed by atoms with Crippen LogP contribution in [0.3, 0.4) is 0 Å². The summed E-state index contributed by atoms with van der Waals surface area (Å²) in [5, 5.41) is 10.2. The van der Waals surface area contributed by atoms with Gasteiger partial charge in [0.05, 0.1) is 6.10 Å². The molecule has 3 heteroatoms. The molecule has 1 heterocycles. The van der Waals surface area contributed by atoms with E-state index in [0.29, 0.717) is 0 Å². The highest BCUT2D eigenvalue weighted by atomic mass is 16.7. The number of aliphatic hydroxyl groups excluding tert-OH is 1. The lowest BCUT2D eigenvalue weighted by atomic mass is 10.0. The Balaban J connectivity index is 2.11. The van der Waals surface area contributed by atoms with Crippen LogP contribution in [-0.4, -0.2) is 23.4 Å². The number of unbranched alkanes of at least 4 members (excludes halogenated alkanes) is 1. The monoisotopic (exact) mass is 262 g/mol. The third kappa shape index (κ3) is 3.44. The molecule has 0 radical (unpaired) electrons. The summed E-state index contributed by atoms with van der Waals surface area (Å²) in [6.45, 7) is 5.87. The minimum atomic E-state index is -0.635. The Morgan fingerprint density at radius 2 is 2.00 bits per heavy atom. The van der Waals surface area contributed by atoms with E-state index in [1.54, 1.807) is 6.08 Å². The zero-order valence-corrected chi connectivity index (χ0v) is 11.4. The van der Waals surface area contributed by atoms with Gasteiger partial charge in [-0.1, -0.05) is 56.2 Å². The van der Waals surface area contributed by atoms with Gasteiger partial charge in [0.25, 0.3) is 0 Å². The molecule has 0 bridgehead atoms. The summed E-state index contributed by atoms with van der Waals surface area (Å²) in [6, 6.07) is 9.81. The zero-order chi connectivity index (χ0) is 13.7. The highest BCUT2D eigenvalue weighted by Crippen LogP contribution is 2.32. The van der Waals surface area contributed by atoms with Crippen molar-refractivity contribution in [1.29, 1.82) is 0 Å². The first-order valence-corrected chi connectivity index (χ1v) is 6.92. The van der Waals surface area contributed by atoms with Crippen molar-refractivity contribution in [2.75, 3.05) is 0 Å². The van der Waals surface area contributed by atoms with Crippen LogP contribution in [0.5, 0.6) is 0 Å². The molecule has 3 nitrogen and oxygen atoms in total. The lowest BCUT2D eigenvalue weighted by molar-refractivity contribution is -0.278. The molecule has 0 aliphatic carbocycles. The van der Waals surface area contributed by atoms with Gasteiger partial charge in [-0.25, -0.2) is 0 Å². The van der Waals surface area contributed by atoms with Crippen LogP contribution in [0.15, 0.2) is 43.0 Å². The van der Waals surface area contributed by atoms with Crippen molar-refractivity contribution in [1.82, 2.24) is 0 Å². The summed E-state index contributed by atoms with van der Waals surface area (Å²) in [6.07, 6.45) is 2.99. The molecule has 1 aromatic rings. The molecule has 19 heavy (non-hydrogen) atoms. The first kappa shape index (κ1) is 14.3. The Morgan fingerprint density at radius 1 is 1.26 bits per heavy atom. The second kappa shape index (κ2) is 6.85. The van der Waals surface area contributed by atoms with Gasteiger partial charge < -0.3 is 14.6 Å². The van der Waals surface area contributed by atoms with E-state index < -0.39 is 12.4 Å². The first-order chi connectivity index (χ1) is 9.26. The van der Waals surface area contributed by atoms with Crippen LogP contribution in [0.1, 0.15) is 38.0 Å². The summed E-state index contributed by atoms with van der Waals surface area (Å²) in [4.78, 5) is 0. The number of ether oxygens (including phenoxy) is 2. The smallest absolute Gasteiger partial charge is 0.185 e. The zero-order valence-electron chi connectivity index (χ0n) is 11.4. The van der Waals surface area contributed by atoms with Crippen molar-refractivity contribution in [3.63, 3.8) is 0 Å². The molecule has 0 spiro atoms. The topological polar surface area (TPSA) is 38.7 Å². The second-order valence-electron chi connectivity index (χ2n) is 4.89. The van der Waals surface area contributed by atoms with Gasteiger partial charge in [0, 0.05) is 5.56 Å². The van der Waals surface area contributed by atoms with Crippen molar-refractivity contribution in [3.8, 4) is 0 Å². The van der Waals surface area contributed by atoms with E-state index in [9.17, 15) is 5.11 Å². The molecule has 1 aliphatic heterocycles. The number of hydrogen-bond acceptors (Lipinski definition) is 3. The molecule has 1 unspecified atom stereocenters. The lowest BCUT2D eigenvalue weighted by Crippen LogP contribution is -2.46. The minimum absolute atomic E-state index is 0.193. The van der Waals surface area contributed by atoms with Crippen molar-refractivity contribution < 1.29 is 14.6 Å². The number of rotatable bonds is 5. The standard InChI is InChI=1S/C16H22O3/c1-3-5-11-14-15(17)13(4-2)18-16(19-14)12-9-7-6-8-10-12/h4,6-10,13-17H,2-3,5,11H2,1H3/t13-,14+,15+,16?/m1/s1. The molecule has 1 saturated heterocycles. The van der Waals surface area contributed by atoms with Crippen LogP contribution in [0.4, 0.5) is 0 Å². The van der Waals surface area contributed by atoms with Crippen LogP contribution in [0.25, 0.3) is 0 Å². The van der Waals surface area contributed by atoms with E-state index in [-0.39, 0.29) is 12.2 Å². The Bertz CT molecular complexity index is 390. The van der Waals surface area contributed by atoms with Gasteiger partial charge in [-0.05, 0) is 6.42 Å². The third-order valence-corrected chi connectivity index (χ3v) is 3.44. The van der Waals surface area contributed by atoms with Crippen molar-refractivity contribution in [3.05, 3.63) is 48.6 Å². The summed E-state index contributed by atoms with van der Waals surface area (Å²) < 4.78 is 11.7. The maximum Gasteiger partial charge on any atom is 0.185 e. The van der Waals surface area contributed by atoms with Gasteiger partial charge in [0.1, 0.15) is 12.2 Å². The van der Waals surface area contributed by atoms with Crippen LogP contribution < -0.4 is 0 Å². The number of hydrogen-bond donors (Lipinski definition) is 1. The Morgan fingerprint density at radius 3 is 2.63 bits per heavy atom. The Hall–Kier alpha value is -1.16. The largest absolute Gasteiger partial charge is 0.387 e. The average Bonchev–Trinajstić information content (AvgIpc) is 2.47. The van der Waals surface area contributed by atoms with Crippen LogP contribution >= 0.6 is 0 Å². The first-order valence-electron chi connectivity index (χ1n) is 6.92. The maximum atomic E-state index is 10.2. The SMILES string of the molecule is C=C[C@H]1OC(c2ccccc2)O[C@@H](CCCC)[C@H]1O. The van der Waals surface area contributed by atoms with Gasteiger partial charge in [0.2, 0.25) is 0 Å². The maximum absolute atomic E-state index is 10.2. The lowest BCUT2D eigenvalue weighted by Gasteiger charge is -2.38. The molecule has 1 aliphatic rings. The van der Waals surface area contributed by atoms with E-state index in [1.807, 2.05) is 30.3 Å². The molecule has 1 N–H and O–H groups in total. The summed E-state index contributed by atoms with van der Waals surface area (Å²) in [5.74, 6) is 0. The van der Waals surface area contributed by atoms with Crippen LogP contribution in [0, 0.1) is 0 Å². The van der Waals surface area contributed by atoms with E-state index >= 15 is 0 Å². The molecule has 1 fully saturated rings. The minimum Gasteiger partial charge on any atom is -0.387 e.